The molecule has 0 saturated heterocycles. The van der Waals surface area contributed by atoms with Crippen LogP contribution in [0.2, 0.25) is 0 Å². The van der Waals surface area contributed by atoms with Gasteiger partial charge in [-0.3, -0.25) is 0 Å². The Bertz CT molecular complexity index is 87.5. The Labute approximate surface area is 55.7 Å². The van der Waals surface area contributed by atoms with Crippen LogP contribution in [0.5, 0.6) is 0 Å². The van der Waals surface area contributed by atoms with Gasteiger partial charge in [-0.25, -0.2) is 0 Å². The first-order chi connectivity index (χ1) is 2.80. The molecule has 0 saturated carbocycles. The molecule has 0 nitrogen and oxygen atoms in total. The average Bonchev–Trinajstić information content (AvgIpc) is 1.61. The van der Waals surface area contributed by atoms with E-state index in [-0.39, 0.29) is 0 Å². The van der Waals surface area contributed by atoms with Crippen molar-refractivity contribution < 1.29 is 0 Å². The highest BCUT2D eigenvalue weighted by Gasteiger charge is 2.13. The lowest BCUT2D eigenvalue weighted by Gasteiger charge is -2.13. The van der Waals surface area contributed by atoms with E-state index in [0.717, 1.165) is 6.42 Å². The fourth-order valence-corrected chi connectivity index (χ4v) is 0.983. The molecule has 0 aromatic carbocycles. The second kappa shape index (κ2) is 1.70. The molecule has 0 heterocycles. The molecule has 0 spiro atoms. The lowest BCUT2D eigenvalue weighted by molar-refractivity contribution is 0.962. The summed E-state index contributed by atoms with van der Waals surface area (Å²) in [6, 6.07) is 0. The molecule has 1 aliphatic rings. The van der Waals surface area contributed by atoms with Gasteiger partial charge in [0.2, 0.25) is 0 Å². The Kier molecular flexibility index (Phi) is 1.39. The van der Waals surface area contributed by atoms with E-state index in [1.165, 1.54) is 3.58 Å². The highest BCUT2D eigenvalue weighted by molar-refractivity contribution is 14.1. The molecule has 1 aliphatic carbocycles. The van der Waals surface area contributed by atoms with Gasteiger partial charge in [0.15, 0.2) is 0 Å². The Morgan fingerprint density at radius 2 is 2.50 bits per heavy atom. The van der Waals surface area contributed by atoms with Gasteiger partial charge in [0.05, 0.1) is 5.38 Å². The van der Waals surface area contributed by atoms with Crippen molar-refractivity contribution in [3.8, 4) is 0 Å². The molecule has 0 amide bonds. The van der Waals surface area contributed by atoms with Crippen LogP contribution in [0, 0.1) is 0 Å². The van der Waals surface area contributed by atoms with Crippen LogP contribution >= 0.6 is 34.2 Å². The predicted molar refractivity (Wildman–Crippen MR) is 36.4 cm³/mol. The maximum absolute atomic E-state index is 5.62. The molecule has 0 bridgehead atoms. The van der Waals surface area contributed by atoms with Gasteiger partial charge in [-0.15, -0.1) is 11.6 Å². The third-order valence-corrected chi connectivity index (χ3v) is 2.79. The fourth-order valence-electron chi connectivity index (χ4n) is 0.296. The maximum atomic E-state index is 5.62. The SMILES string of the molecule is Cl[C@@H]1CC=C1I. The molecular weight excluding hydrogens is 210 g/mol. The van der Waals surface area contributed by atoms with Gasteiger partial charge in [0.25, 0.3) is 0 Å². The molecule has 0 fully saturated rings. The summed E-state index contributed by atoms with van der Waals surface area (Å²) in [5.74, 6) is 0. The summed E-state index contributed by atoms with van der Waals surface area (Å²) < 4.78 is 1.30. The summed E-state index contributed by atoms with van der Waals surface area (Å²) >= 11 is 7.87. The third-order valence-electron chi connectivity index (χ3n) is 0.819. The number of hydrogen-bond acceptors (Lipinski definition) is 0. The van der Waals surface area contributed by atoms with E-state index in [2.05, 4.69) is 28.7 Å². The number of rotatable bonds is 0. The molecule has 0 aromatic heterocycles. The second-order valence-corrected chi connectivity index (χ2v) is 3.06. The minimum absolute atomic E-state index is 0.352. The summed E-state index contributed by atoms with van der Waals surface area (Å²) in [5, 5.41) is 0.352. The first-order valence-electron chi connectivity index (χ1n) is 1.80. The van der Waals surface area contributed by atoms with Gasteiger partial charge in [-0.1, -0.05) is 6.08 Å². The van der Waals surface area contributed by atoms with Crippen molar-refractivity contribution >= 4 is 34.2 Å². The molecule has 0 aliphatic heterocycles. The number of halogens is 2. The van der Waals surface area contributed by atoms with Crippen molar-refractivity contribution in [3.05, 3.63) is 9.66 Å². The minimum atomic E-state index is 0.352. The standard InChI is InChI=1S/C4H4ClI/c5-3-1-2-4(3)6/h2-3H,1H2/t3-/m1/s1. The number of hydrogen-bond donors (Lipinski definition) is 0. The number of alkyl halides is 1. The number of allylic oxidation sites excluding steroid dienone is 2. The van der Waals surface area contributed by atoms with E-state index in [0.29, 0.717) is 5.38 Å². The van der Waals surface area contributed by atoms with Crippen molar-refractivity contribution in [3.63, 3.8) is 0 Å². The van der Waals surface area contributed by atoms with Crippen LogP contribution in [0.25, 0.3) is 0 Å². The van der Waals surface area contributed by atoms with E-state index in [1.54, 1.807) is 0 Å². The van der Waals surface area contributed by atoms with Crippen LogP contribution < -0.4 is 0 Å². The average molecular weight is 214 g/mol. The normalized spacial score (nSPS) is 31.7. The fraction of sp³-hybridized carbons (Fsp3) is 0.500. The van der Waals surface area contributed by atoms with E-state index in [4.69, 9.17) is 11.6 Å². The second-order valence-electron chi connectivity index (χ2n) is 1.29. The zero-order chi connectivity index (χ0) is 4.57. The molecule has 0 unspecified atom stereocenters. The van der Waals surface area contributed by atoms with Gasteiger partial charge in [-0.05, 0) is 29.0 Å². The summed E-state index contributed by atoms with van der Waals surface area (Å²) in [6.07, 6.45) is 3.21. The summed E-state index contributed by atoms with van der Waals surface area (Å²) in [7, 11) is 0. The molecule has 1 atom stereocenters. The monoisotopic (exact) mass is 214 g/mol. The lowest BCUT2D eigenvalue weighted by Crippen LogP contribution is -2.04. The van der Waals surface area contributed by atoms with Crippen molar-refractivity contribution in [2.45, 2.75) is 11.8 Å². The zero-order valence-corrected chi connectivity index (χ0v) is 6.03. The van der Waals surface area contributed by atoms with Crippen LogP contribution in [0.3, 0.4) is 0 Å². The lowest BCUT2D eigenvalue weighted by atomic mass is 10.1. The molecular formula is C4H4ClI. The highest BCUT2D eigenvalue weighted by atomic mass is 127. The van der Waals surface area contributed by atoms with Gasteiger partial charge in [0.1, 0.15) is 0 Å². The largest absolute Gasteiger partial charge is 0.117 e. The Morgan fingerprint density at radius 1 is 2.00 bits per heavy atom. The van der Waals surface area contributed by atoms with Crippen LogP contribution in [0.4, 0.5) is 0 Å². The first kappa shape index (κ1) is 4.91. The molecule has 6 heavy (non-hydrogen) atoms. The molecule has 0 N–H and O–H groups in total. The van der Waals surface area contributed by atoms with Crippen LogP contribution in [0.1, 0.15) is 6.42 Å². The van der Waals surface area contributed by atoms with Crippen LogP contribution in [-0.2, 0) is 0 Å². The Morgan fingerprint density at radius 3 is 2.50 bits per heavy atom. The van der Waals surface area contributed by atoms with Gasteiger partial charge < -0.3 is 0 Å². The molecule has 34 valence electrons. The molecule has 1 rings (SSSR count). The maximum Gasteiger partial charge on any atom is 0.0674 e. The van der Waals surface area contributed by atoms with Crippen LogP contribution in [-0.4, -0.2) is 5.38 Å². The van der Waals surface area contributed by atoms with E-state index in [1.807, 2.05) is 0 Å². The quantitative estimate of drug-likeness (QED) is 0.429. The van der Waals surface area contributed by atoms with Gasteiger partial charge in [0, 0.05) is 3.58 Å². The minimum Gasteiger partial charge on any atom is -0.117 e. The van der Waals surface area contributed by atoms with Crippen molar-refractivity contribution in [1.29, 1.82) is 0 Å². The summed E-state index contributed by atoms with van der Waals surface area (Å²) in [5.41, 5.74) is 0. The van der Waals surface area contributed by atoms with Crippen LogP contribution in [0.15, 0.2) is 9.66 Å². The van der Waals surface area contributed by atoms with E-state index in [9.17, 15) is 0 Å². The van der Waals surface area contributed by atoms with E-state index >= 15 is 0 Å². The molecule has 0 aromatic rings. The topological polar surface area (TPSA) is 0 Å². The zero-order valence-electron chi connectivity index (χ0n) is 3.12. The van der Waals surface area contributed by atoms with Gasteiger partial charge in [-0.2, -0.15) is 0 Å². The van der Waals surface area contributed by atoms with Crippen molar-refractivity contribution in [1.82, 2.24) is 0 Å². The summed E-state index contributed by atoms with van der Waals surface area (Å²) in [6.45, 7) is 0. The smallest absolute Gasteiger partial charge is 0.0674 e. The third kappa shape index (κ3) is 0.706. The summed E-state index contributed by atoms with van der Waals surface area (Å²) in [4.78, 5) is 0. The van der Waals surface area contributed by atoms with E-state index < -0.39 is 0 Å². The highest BCUT2D eigenvalue weighted by Crippen LogP contribution is 2.29. The van der Waals surface area contributed by atoms with Gasteiger partial charge >= 0.3 is 0 Å². The van der Waals surface area contributed by atoms with Crippen molar-refractivity contribution in [2.75, 3.05) is 0 Å². The Hall–Kier alpha value is 0.760. The first-order valence-corrected chi connectivity index (χ1v) is 3.32. The molecule has 0 radical (unpaired) electrons. The molecule has 2 heteroatoms. The van der Waals surface area contributed by atoms with Crippen molar-refractivity contribution in [2.24, 2.45) is 0 Å². The predicted octanol–water partition coefficient (Wildman–Crippen LogP) is 2.32. The Balaban J connectivity index is 2.51.